The normalized spacial score (nSPS) is 61.4. The summed E-state index contributed by atoms with van der Waals surface area (Å²) in [5.74, 6) is 4.58. The molecule has 0 N–H and O–H groups in total. The van der Waals surface area contributed by atoms with Gasteiger partial charge in [-0.15, -0.1) is 0 Å². The van der Waals surface area contributed by atoms with Crippen LogP contribution in [0.15, 0.2) is 0 Å². The molecule has 0 radical (unpaired) electrons. The largest absolute Gasteiger partial charge is 0.465 e. The molecule has 2 heteroatoms. The van der Waals surface area contributed by atoms with Gasteiger partial charge < -0.3 is 4.74 Å². The van der Waals surface area contributed by atoms with Crippen molar-refractivity contribution < 1.29 is 9.53 Å². The Morgan fingerprint density at radius 3 is 2.77 bits per heavy atom. The van der Waals surface area contributed by atoms with Gasteiger partial charge in [0.15, 0.2) is 0 Å². The second-order valence-corrected chi connectivity index (χ2v) is 5.31. The molecule has 0 aromatic carbocycles. The summed E-state index contributed by atoms with van der Waals surface area (Å²) in [6.07, 6.45) is 4.25. The number of rotatable bonds is 0. The number of carbonyl (C=O) groups is 1. The van der Waals surface area contributed by atoms with Crippen LogP contribution >= 0.6 is 0 Å². The molecule has 0 aromatic heterocycles. The minimum atomic E-state index is 0.124. The molecule has 2 nitrogen and oxygen atoms in total. The highest BCUT2D eigenvalue weighted by molar-refractivity contribution is 5.77. The molecule has 4 aliphatic rings. The molecule has 6 unspecified atom stereocenters. The van der Waals surface area contributed by atoms with E-state index < -0.39 is 0 Å². The number of fused-ring (bicyclic) bond motifs is 8. The van der Waals surface area contributed by atoms with Crippen molar-refractivity contribution in [2.75, 3.05) is 6.61 Å². The molecule has 3 aliphatic carbocycles. The molecule has 0 spiro atoms. The molecule has 1 saturated heterocycles. The average Bonchev–Trinajstić information content (AvgIpc) is 2.66. The first-order valence-electron chi connectivity index (χ1n) is 5.53. The fraction of sp³-hybridized carbons (Fsp3) is 0.909. The quantitative estimate of drug-likeness (QED) is 0.525. The van der Waals surface area contributed by atoms with Crippen molar-refractivity contribution in [1.82, 2.24) is 0 Å². The summed E-state index contributed by atoms with van der Waals surface area (Å²) in [6, 6.07) is 0. The number of esters is 1. The molecule has 0 amide bonds. The number of cyclic esters (lactones) is 1. The van der Waals surface area contributed by atoms with Gasteiger partial charge in [-0.1, -0.05) is 0 Å². The Labute approximate surface area is 77.6 Å². The summed E-state index contributed by atoms with van der Waals surface area (Å²) in [4.78, 5) is 11.4. The second-order valence-electron chi connectivity index (χ2n) is 5.31. The van der Waals surface area contributed by atoms with Crippen molar-refractivity contribution in [3.8, 4) is 0 Å². The van der Waals surface area contributed by atoms with Gasteiger partial charge in [-0.3, -0.25) is 4.79 Å². The smallest absolute Gasteiger partial charge is 0.309 e. The lowest BCUT2D eigenvalue weighted by Crippen LogP contribution is -2.50. The van der Waals surface area contributed by atoms with Crippen LogP contribution < -0.4 is 0 Å². The van der Waals surface area contributed by atoms with E-state index in [1.54, 1.807) is 0 Å². The molecule has 2 bridgehead atoms. The van der Waals surface area contributed by atoms with E-state index in [1.807, 2.05) is 0 Å². The van der Waals surface area contributed by atoms with Crippen LogP contribution in [0.4, 0.5) is 0 Å². The van der Waals surface area contributed by atoms with Crippen LogP contribution in [0, 0.1) is 35.5 Å². The van der Waals surface area contributed by atoms with E-state index >= 15 is 0 Å². The number of carbonyl (C=O) groups excluding carboxylic acids is 1. The molecule has 70 valence electrons. The van der Waals surface area contributed by atoms with E-state index in [0.29, 0.717) is 11.8 Å². The number of hydrogen-bond acceptors (Lipinski definition) is 2. The Kier molecular flexibility index (Phi) is 1.02. The first kappa shape index (κ1) is 6.86. The van der Waals surface area contributed by atoms with Crippen LogP contribution in [0.25, 0.3) is 0 Å². The van der Waals surface area contributed by atoms with Crippen molar-refractivity contribution in [3.63, 3.8) is 0 Å². The Morgan fingerprint density at radius 1 is 1.15 bits per heavy atom. The van der Waals surface area contributed by atoms with Crippen molar-refractivity contribution in [1.29, 1.82) is 0 Å². The van der Waals surface area contributed by atoms with Gasteiger partial charge in [-0.05, 0) is 42.9 Å². The van der Waals surface area contributed by atoms with Gasteiger partial charge in [0.1, 0.15) is 0 Å². The molecule has 6 atom stereocenters. The minimum absolute atomic E-state index is 0.124. The number of ether oxygens (including phenoxy) is 1. The fourth-order valence-corrected chi connectivity index (χ4v) is 4.75. The maximum absolute atomic E-state index is 11.4. The van der Waals surface area contributed by atoms with Crippen molar-refractivity contribution in [2.24, 2.45) is 35.5 Å². The van der Waals surface area contributed by atoms with Gasteiger partial charge in [0.2, 0.25) is 0 Å². The Hall–Kier alpha value is -0.530. The number of hydrogen-bond donors (Lipinski definition) is 0. The van der Waals surface area contributed by atoms with E-state index in [1.165, 1.54) is 19.3 Å². The summed E-state index contributed by atoms with van der Waals surface area (Å²) >= 11 is 0. The summed E-state index contributed by atoms with van der Waals surface area (Å²) in [7, 11) is 0. The third-order valence-corrected chi connectivity index (χ3v) is 5.11. The topological polar surface area (TPSA) is 26.3 Å². The molecular weight excluding hydrogens is 164 g/mol. The van der Waals surface area contributed by atoms with E-state index in [4.69, 9.17) is 4.74 Å². The van der Waals surface area contributed by atoms with Crippen LogP contribution in [0.3, 0.4) is 0 Å². The van der Waals surface area contributed by atoms with Crippen LogP contribution in [0.2, 0.25) is 0 Å². The van der Waals surface area contributed by atoms with Gasteiger partial charge in [-0.25, -0.2) is 0 Å². The van der Waals surface area contributed by atoms with Crippen molar-refractivity contribution >= 4 is 5.97 Å². The molecule has 4 fully saturated rings. The highest BCUT2D eigenvalue weighted by atomic mass is 16.5. The van der Waals surface area contributed by atoms with Gasteiger partial charge >= 0.3 is 5.97 Å². The van der Waals surface area contributed by atoms with Gasteiger partial charge in [-0.2, -0.15) is 0 Å². The Balaban J connectivity index is 1.73. The van der Waals surface area contributed by atoms with E-state index in [9.17, 15) is 4.79 Å². The third kappa shape index (κ3) is 0.598. The fourth-order valence-electron chi connectivity index (χ4n) is 4.75. The second kappa shape index (κ2) is 1.94. The highest BCUT2D eigenvalue weighted by Gasteiger charge is 2.67. The summed E-state index contributed by atoms with van der Waals surface area (Å²) in [5.41, 5.74) is 0. The predicted molar refractivity (Wildman–Crippen MR) is 45.8 cm³/mol. The zero-order valence-electron chi connectivity index (χ0n) is 7.61. The molecule has 3 saturated carbocycles. The lowest BCUT2D eigenvalue weighted by molar-refractivity contribution is -0.147. The highest BCUT2D eigenvalue weighted by Crippen LogP contribution is 2.67. The summed E-state index contributed by atoms with van der Waals surface area (Å²) < 4.78 is 5.16. The molecular formula is C11H14O2. The van der Waals surface area contributed by atoms with Crippen LogP contribution in [0.5, 0.6) is 0 Å². The summed E-state index contributed by atoms with van der Waals surface area (Å²) in [6.45, 7) is 0.744. The van der Waals surface area contributed by atoms with Crippen LogP contribution in [-0.2, 0) is 9.53 Å². The molecule has 0 aromatic rings. The van der Waals surface area contributed by atoms with Crippen molar-refractivity contribution in [3.05, 3.63) is 0 Å². The first-order chi connectivity index (χ1) is 6.36. The zero-order chi connectivity index (χ0) is 8.58. The monoisotopic (exact) mass is 178 g/mol. The predicted octanol–water partition coefficient (Wildman–Crippen LogP) is 1.45. The maximum Gasteiger partial charge on any atom is 0.309 e. The SMILES string of the molecule is O=C1OCC2C1C1C3CCC(C3)C21. The molecule has 13 heavy (non-hydrogen) atoms. The average molecular weight is 178 g/mol. The maximum atomic E-state index is 11.4. The van der Waals surface area contributed by atoms with Gasteiger partial charge in [0, 0.05) is 5.92 Å². The van der Waals surface area contributed by atoms with E-state index in [-0.39, 0.29) is 5.97 Å². The van der Waals surface area contributed by atoms with Crippen LogP contribution in [0.1, 0.15) is 19.3 Å². The van der Waals surface area contributed by atoms with Gasteiger partial charge in [0.05, 0.1) is 12.5 Å². The van der Waals surface area contributed by atoms with E-state index in [0.717, 1.165) is 30.3 Å². The lowest BCUT2D eigenvalue weighted by Gasteiger charge is -2.48. The lowest BCUT2D eigenvalue weighted by atomic mass is 9.53. The first-order valence-corrected chi connectivity index (χ1v) is 5.53. The zero-order valence-corrected chi connectivity index (χ0v) is 7.61. The summed E-state index contributed by atoms with van der Waals surface area (Å²) in [5, 5.41) is 0. The molecule has 4 rings (SSSR count). The Morgan fingerprint density at radius 2 is 1.92 bits per heavy atom. The van der Waals surface area contributed by atoms with Crippen molar-refractivity contribution in [2.45, 2.75) is 19.3 Å². The molecule has 1 aliphatic heterocycles. The minimum Gasteiger partial charge on any atom is -0.465 e. The van der Waals surface area contributed by atoms with E-state index in [2.05, 4.69) is 0 Å². The standard InChI is InChI=1S/C11H14O2/c12-11-10-7(4-13-11)8-5-1-2-6(3-5)9(8)10/h5-10H,1-4H2. The van der Waals surface area contributed by atoms with Crippen LogP contribution in [-0.4, -0.2) is 12.6 Å². The molecule has 1 heterocycles. The Bertz CT molecular complexity index is 286. The third-order valence-electron chi connectivity index (χ3n) is 5.11. The van der Waals surface area contributed by atoms with Gasteiger partial charge in [0.25, 0.3) is 0 Å².